The highest BCUT2D eigenvalue weighted by Crippen LogP contribution is 2.26. The normalized spacial score (nSPS) is 10.3. The van der Waals surface area contributed by atoms with Crippen LogP contribution in [0, 0.1) is 6.92 Å². The average molecular weight is 359 g/mol. The highest BCUT2D eigenvalue weighted by Gasteiger charge is 2.08. The van der Waals surface area contributed by atoms with Crippen molar-refractivity contribution in [3.8, 4) is 0 Å². The third-order valence-corrected chi connectivity index (χ3v) is 3.93. The Bertz CT molecular complexity index is 623. The molecule has 2 rings (SSSR count). The summed E-state index contributed by atoms with van der Waals surface area (Å²) in [5.74, 6) is -0.219. The lowest BCUT2D eigenvalue weighted by atomic mass is 10.1. The lowest BCUT2D eigenvalue weighted by Gasteiger charge is -2.07. The van der Waals surface area contributed by atoms with Gasteiger partial charge in [-0.2, -0.15) is 0 Å². The van der Waals surface area contributed by atoms with Crippen molar-refractivity contribution in [2.24, 2.45) is 0 Å². The molecule has 2 aromatic rings. The number of halogens is 3. The van der Waals surface area contributed by atoms with Gasteiger partial charge in [0.2, 0.25) is 0 Å². The minimum absolute atomic E-state index is 0.219. The zero-order chi connectivity index (χ0) is 14.0. The summed E-state index contributed by atoms with van der Waals surface area (Å²) in [5, 5.41) is 3.86. The standard InChI is InChI=1S/C14H10BrCl2NO/c1-8-4-9(6-10(16)5-8)14(19)18-11-2-3-12(15)13(17)7-11/h2-7H,1H3,(H,18,19). The summed E-state index contributed by atoms with van der Waals surface area (Å²) >= 11 is 15.2. The van der Waals surface area contributed by atoms with Crippen molar-refractivity contribution < 1.29 is 4.79 Å². The molecule has 0 heterocycles. The molecule has 2 aromatic carbocycles. The second-order valence-electron chi connectivity index (χ2n) is 4.10. The summed E-state index contributed by atoms with van der Waals surface area (Å²) in [6.45, 7) is 1.89. The number of carbonyl (C=O) groups excluding carboxylic acids is 1. The highest BCUT2D eigenvalue weighted by atomic mass is 79.9. The Morgan fingerprint density at radius 2 is 1.89 bits per heavy atom. The van der Waals surface area contributed by atoms with Crippen LogP contribution in [0.2, 0.25) is 10.0 Å². The number of carbonyl (C=O) groups is 1. The quantitative estimate of drug-likeness (QED) is 0.773. The molecule has 2 nitrogen and oxygen atoms in total. The van der Waals surface area contributed by atoms with E-state index in [4.69, 9.17) is 23.2 Å². The molecule has 0 aromatic heterocycles. The molecule has 98 valence electrons. The Hall–Kier alpha value is -1.03. The second kappa shape index (κ2) is 5.95. The predicted octanol–water partition coefficient (Wildman–Crippen LogP) is 5.32. The van der Waals surface area contributed by atoms with E-state index in [-0.39, 0.29) is 5.91 Å². The third kappa shape index (κ3) is 3.72. The lowest BCUT2D eigenvalue weighted by Crippen LogP contribution is -2.12. The topological polar surface area (TPSA) is 29.1 Å². The Morgan fingerprint density at radius 3 is 2.53 bits per heavy atom. The predicted molar refractivity (Wildman–Crippen MR) is 83.3 cm³/mol. The highest BCUT2D eigenvalue weighted by molar-refractivity contribution is 9.10. The first-order chi connectivity index (χ1) is 8.95. The van der Waals surface area contributed by atoms with Crippen LogP contribution in [0.25, 0.3) is 0 Å². The first-order valence-corrected chi connectivity index (χ1v) is 7.04. The molecule has 0 aliphatic heterocycles. The van der Waals surface area contributed by atoms with Crippen LogP contribution < -0.4 is 5.32 Å². The maximum absolute atomic E-state index is 12.1. The van der Waals surface area contributed by atoms with Crippen LogP contribution in [0.4, 0.5) is 5.69 Å². The van der Waals surface area contributed by atoms with Gasteiger partial charge in [-0.1, -0.05) is 23.2 Å². The molecule has 0 aliphatic carbocycles. The number of hydrogen-bond acceptors (Lipinski definition) is 1. The van der Waals surface area contributed by atoms with Gasteiger partial charge in [-0.15, -0.1) is 0 Å². The van der Waals surface area contributed by atoms with Crippen LogP contribution in [-0.4, -0.2) is 5.91 Å². The molecule has 0 spiro atoms. The van der Waals surface area contributed by atoms with Gasteiger partial charge >= 0.3 is 0 Å². The number of benzene rings is 2. The number of aryl methyl sites for hydroxylation is 1. The molecule has 0 unspecified atom stereocenters. The van der Waals surface area contributed by atoms with Crippen molar-refractivity contribution >= 4 is 50.7 Å². The molecular weight excluding hydrogens is 349 g/mol. The SMILES string of the molecule is Cc1cc(Cl)cc(C(=O)Nc2ccc(Br)c(Cl)c2)c1. The van der Waals surface area contributed by atoms with Gasteiger partial charge in [-0.25, -0.2) is 0 Å². The molecular formula is C14H10BrCl2NO. The summed E-state index contributed by atoms with van der Waals surface area (Å²) in [6.07, 6.45) is 0. The van der Waals surface area contributed by atoms with Crippen LogP contribution in [-0.2, 0) is 0 Å². The number of hydrogen-bond donors (Lipinski definition) is 1. The van der Waals surface area contributed by atoms with Crippen LogP contribution in [0.3, 0.4) is 0 Å². The van der Waals surface area contributed by atoms with Gasteiger partial charge in [0, 0.05) is 20.7 Å². The van der Waals surface area contributed by atoms with E-state index in [0.29, 0.717) is 21.3 Å². The van der Waals surface area contributed by atoms with Crippen molar-refractivity contribution in [3.63, 3.8) is 0 Å². The van der Waals surface area contributed by atoms with E-state index >= 15 is 0 Å². The smallest absolute Gasteiger partial charge is 0.255 e. The third-order valence-electron chi connectivity index (χ3n) is 2.48. The largest absolute Gasteiger partial charge is 0.322 e. The number of rotatable bonds is 2. The monoisotopic (exact) mass is 357 g/mol. The molecule has 5 heteroatoms. The van der Waals surface area contributed by atoms with Crippen molar-refractivity contribution in [1.29, 1.82) is 0 Å². The van der Waals surface area contributed by atoms with Crippen molar-refractivity contribution in [3.05, 3.63) is 62.0 Å². The van der Waals surface area contributed by atoms with Crippen molar-refractivity contribution in [2.75, 3.05) is 5.32 Å². The Labute approximate surface area is 129 Å². The van der Waals surface area contributed by atoms with Gasteiger partial charge in [-0.05, 0) is 64.8 Å². The van der Waals surface area contributed by atoms with Gasteiger partial charge in [-0.3, -0.25) is 4.79 Å². The Morgan fingerprint density at radius 1 is 1.16 bits per heavy atom. The van der Waals surface area contributed by atoms with Crippen LogP contribution in [0.1, 0.15) is 15.9 Å². The molecule has 0 radical (unpaired) electrons. The fourth-order valence-corrected chi connectivity index (χ4v) is 2.36. The van der Waals surface area contributed by atoms with E-state index in [1.54, 1.807) is 36.4 Å². The number of amides is 1. The summed E-state index contributed by atoms with van der Waals surface area (Å²) < 4.78 is 0.783. The Balaban J connectivity index is 2.22. The van der Waals surface area contributed by atoms with E-state index in [9.17, 15) is 4.79 Å². The van der Waals surface area contributed by atoms with E-state index in [1.165, 1.54) is 0 Å². The second-order valence-corrected chi connectivity index (χ2v) is 5.80. The molecule has 1 N–H and O–H groups in total. The molecule has 0 saturated heterocycles. The summed E-state index contributed by atoms with van der Waals surface area (Å²) in [6, 6.07) is 10.4. The summed E-state index contributed by atoms with van der Waals surface area (Å²) in [4.78, 5) is 12.1. The number of anilines is 1. The maximum atomic E-state index is 12.1. The molecule has 0 atom stereocenters. The fourth-order valence-electron chi connectivity index (χ4n) is 1.64. The van der Waals surface area contributed by atoms with E-state index < -0.39 is 0 Å². The van der Waals surface area contributed by atoms with Gasteiger partial charge in [0.15, 0.2) is 0 Å². The fraction of sp³-hybridized carbons (Fsp3) is 0.0714. The zero-order valence-electron chi connectivity index (χ0n) is 10.0. The minimum atomic E-state index is -0.219. The zero-order valence-corrected chi connectivity index (χ0v) is 13.1. The molecule has 0 bridgehead atoms. The average Bonchev–Trinajstić information content (AvgIpc) is 2.32. The first-order valence-electron chi connectivity index (χ1n) is 5.49. The molecule has 0 fully saturated rings. The molecule has 1 amide bonds. The summed E-state index contributed by atoms with van der Waals surface area (Å²) in [5.41, 5.74) is 2.09. The van der Waals surface area contributed by atoms with E-state index in [0.717, 1.165) is 10.0 Å². The van der Waals surface area contributed by atoms with Gasteiger partial charge in [0.05, 0.1) is 5.02 Å². The van der Waals surface area contributed by atoms with Crippen LogP contribution in [0.15, 0.2) is 40.9 Å². The molecule has 19 heavy (non-hydrogen) atoms. The van der Waals surface area contributed by atoms with Gasteiger partial charge in [0.1, 0.15) is 0 Å². The van der Waals surface area contributed by atoms with Crippen LogP contribution >= 0.6 is 39.1 Å². The van der Waals surface area contributed by atoms with Gasteiger partial charge in [0.25, 0.3) is 5.91 Å². The van der Waals surface area contributed by atoms with Gasteiger partial charge < -0.3 is 5.32 Å². The first kappa shape index (κ1) is 14.4. The molecule has 0 aliphatic rings. The van der Waals surface area contributed by atoms with Crippen molar-refractivity contribution in [1.82, 2.24) is 0 Å². The van der Waals surface area contributed by atoms with Crippen molar-refractivity contribution in [2.45, 2.75) is 6.92 Å². The van der Waals surface area contributed by atoms with Crippen LogP contribution in [0.5, 0.6) is 0 Å². The maximum Gasteiger partial charge on any atom is 0.255 e. The summed E-state index contributed by atoms with van der Waals surface area (Å²) in [7, 11) is 0. The lowest BCUT2D eigenvalue weighted by molar-refractivity contribution is 0.102. The molecule has 0 saturated carbocycles. The minimum Gasteiger partial charge on any atom is -0.322 e. The van der Waals surface area contributed by atoms with E-state index in [2.05, 4.69) is 21.2 Å². The Kier molecular flexibility index (Phi) is 4.50. The van der Waals surface area contributed by atoms with E-state index in [1.807, 2.05) is 6.92 Å². The number of nitrogens with one attached hydrogen (secondary N) is 1.